The third-order valence-corrected chi connectivity index (χ3v) is 7.72. The summed E-state index contributed by atoms with van der Waals surface area (Å²) in [7, 11) is 0. The van der Waals surface area contributed by atoms with Crippen molar-refractivity contribution in [3.8, 4) is 0 Å². The molecule has 12 heteroatoms. The monoisotopic (exact) mass is 645 g/mol. The van der Waals surface area contributed by atoms with Gasteiger partial charge in [0.2, 0.25) is 0 Å². The van der Waals surface area contributed by atoms with E-state index in [4.69, 9.17) is 5.11 Å². The summed E-state index contributed by atoms with van der Waals surface area (Å²) in [6.45, 7) is -0.133. The third-order valence-electron chi connectivity index (χ3n) is 7.72. The van der Waals surface area contributed by atoms with Gasteiger partial charge in [-0.15, -0.1) is 0 Å². The Hall–Kier alpha value is -4.74. The van der Waals surface area contributed by atoms with E-state index in [1.54, 1.807) is 24.3 Å². The molecule has 0 aliphatic heterocycles. The third kappa shape index (κ3) is 8.70. The number of carboxylic acid groups (broad SMARTS) is 1. The lowest BCUT2D eigenvalue weighted by molar-refractivity contribution is -0.143. The smallest absolute Gasteiger partial charge is 0.416 e. The van der Waals surface area contributed by atoms with Gasteiger partial charge in [0.25, 0.3) is 5.91 Å². The number of carbonyl (C=O) groups excluding carboxylic acids is 3. The standard InChI is InChI=1S/C34H29F6NO5/c35-33(36,37)26-16-25(17-27(18-26)34(38,39)40)29(42)19-28(22-8-6-21(7-9-22)20-4-2-1-3-5-20)31(45)23-10-12-24(13-11-23)32(46)41-15-14-30(43)44/h6-13,16-20H,1-5,14-15H2,(H,41,46)(H,43,44)/b28-19-. The first kappa shape index (κ1) is 34.1. The normalized spacial score (nSPS) is 14.5. The second-order valence-corrected chi connectivity index (χ2v) is 11.0. The van der Waals surface area contributed by atoms with Crippen molar-refractivity contribution in [1.29, 1.82) is 0 Å². The fraction of sp³-hybridized carbons (Fsp3) is 0.294. The predicted octanol–water partition coefficient (Wildman–Crippen LogP) is 8.13. The van der Waals surface area contributed by atoms with E-state index in [0.717, 1.165) is 43.7 Å². The van der Waals surface area contributed by atoms with Crippen LogP contribution in [0.4, 0.5) is 26.3 Å². The number of halogens is 6. The van der Waals surface area contributed by atoms with Crippen molar-refractivity contribution in [1.82, 2.24) is 5.32 Å². The van der Waals surface area contributed by atoms with Gasteiger partial charge in [-0.1, -0.05) is 55.7 Å². The van der Waals surface area contributed by atoms with Crippen molar-refractivity contribution in [2.45, 2.75) is 56.8 Å². The van der Waals surface area contributed by atoms with Gasteiger partial charge < -0.3 is 10.4 Å². The molecule has 1 aliphatic rings. The van der Waals surface area contributed by atoms with Crippen LogP contribution in [0.1, 0.15) is 97.8 Å². The van der Waals surface area contributed by atoms with Gasteiger partial charge in [0, 0.05) is 28.8 Å². The van der Waals surface area contributed by atoms with Crippen molar-refractivity contribution < 1.29 is 50.6 Å². The highest BCUT2D eigenvalue weighted by atomic mass is 19.4. The Kier molecular flexibility index (Phi) is 10.5. The van der Waals surface area contributed by atoms with E-state index in [1.807, 2.05) is 0 Å². The summed E-state index contributed by atoms with van der Waals surface area (Å²) in [6, 6.07) is 12.4. The number of aliphatic carboxylic acids is 1. The summed E-state index contributed by atoms with van der Waals surface area (Å²) >= 11 is 0. The lowest BCUT2D eigenvalue weighted by Gasteiger charge is -2.22. The van der Waals surface area contributed by atoms with Gasteiger partial charge in [0.15, 0.2) is 11.6 Å². The molecule has 3 aromatic rings. The van der Waals surface area contributed by atoms with E-state index in [-0.39, 0.29) is 41.3 Å². The zero-order chi connectivity index (χ0) is 33.6. The first-order valence-electron chi connectivity index (χ1n) is 14.4. The van der Waals surface area contributed by atoms with Crippen LogP contribution in [-0.4, -0.2) is 35.1 Å². The molecular weight excluding hydrogens is 616 g/mol. The molecule has 0 bridgehead atoms. The van der Waals surface area contributed by atoms with Gasteiger partial charge in [-0.25, -0.2) is 0 Å². The summed E-state index contributed by atoms with van der Waals surface area (Å²) < 4.78 is 80.8. The van der Waals surface area contributed by atoms with Crippen LogP contribution < -0.4 is 5.32 Å². The summed E-state index contributed by atoms with van der Waals surface area (Å²) in [5, 5.41) is 11.2. The minimum absolute atomic E-state index is 0.0162. The molecular formula is C34H29F6NO5. The van der Waals surface area contributed by atoms with Crippen molar-refractivity contribution in [3.05, 3.63) is 112 Å². The van der Waals surface area contributed by atoms with Crippen LogP contribution in [0.5, 0.6) is 0 Å². The average molecular weight is 646 g/mol. The summed E-state index contributed by atoms with van der Waals surface area (Å²) in [5.74, 6) is -3.42. The largest absolute Gasteiger partial charge is 0.481 e. The van der Waals surface area contributed by atoms with Crippen molar-refractivity contribution in [2.24, 2.45) is 0 Å². The van der Waals surface area contributed by atoms with E-state index in [1.165, 1.54) is 24.3 Å². The van der Waals surface area contributed by atoms with Crippen LogP contribution in [0.2, 0.25) is 0 Å². The molecule has 0 aromatic heterocycles. The molecule has 1 aliphatic carbocycles. The average Bonchev–Trinajstić information content (AvgIpc) is 3.02. The highest BCUT2D eigenvalue weighted by Gasteiger charge is 2.37. The van der Waals surface area contributed by atoms with Crippen LogP contribution in [0.25, 0.3) is 5.57 Å². The number of carbonyl (C=O) groups is 4. The minimum atomic E-state index is -5.17. The van der Waals surface area contributed by atoms with E-state index in [9.17, 15) is 45.5 Å². The molecule has 1 amide bonds. The Morgan fingerprint density at radius 3 is 1.76 bits per heavy atom. The van der Waals surface area contributed by atoms with E-state index >= 15 is 0 Å². The number of nitrogens with one attached hydrogen (secondary N) is 1. The minimum Gasteiger partial charge on any atom is -0.481 e. The maximum Gasteiger partial charge on any atom is 0.416 e. The number of ketones is 2. The van der Waals surface area contributed by atoms with Gasteiger partial charge >= 0.3 is 18.3 Å². The molecule has 1 fully saturated rings. The fourth-order valence-electron chi connectivity index (χ4n) is 5.28. The molecule has 0 spiro atoms. The zero-order valence-corrected chi connectivity index (χ0v) is 24.3. The molecule has 4 rings (SSSR count). The number of hydrogen-bond donors (Lipinski definition) is 2. The lowest BCUT2D eigenvalue weighted by atomic mass is 9.83. The van der Waals surface area contributed by atoms with E-state index in [0.29, 0.717) is 18.1 Å². The fourth-order valence-corrected chi connectivity index (χ4v) is 5.28. The highest BCUT2D eigenvalue weighted by molar-refractivity contribution is 6.32. The van der Waals surface area contributed by atoms with Crippen molar-refractivity contribution in [2.75, 3.05) is 6.54 Å². The van der Waals surface area contributed by atoms with Crippen LogP contribution >= 0.6 is 0 Å². The molecule has 242 valence electrons. The summed E-state index contributed by atoms with van der Waals surface area (Å²) in [5.41, 5.74) is -3.20. The van der Waals surface area contributed by atoms with Crippen molar-refractivity contribution in [3.63, 3.8) is 0 Å². The quantitative estimate of drug-likeness (QED) is 0.132. The molecule has 6 nitrogen and oxygen atoms in total. The molecule has 46 heavy (non-hydrogen) atoms. The van der Waals surface area contributed by atoms with Gasteiger partial charge in [-0.05, 0) is 66.3 Å². The van der Waals surface area contributed by atoms with Crippen LogP contribution in [0.3, 0.4) is 0 Å². The molecule has 0 unspecified atom stereocenters. The Balaban J connectivity index is 1.72. The Bertz CT molecular complexity index is 1600. The van der Waals surface area contributed by atoms with Gasteiger partial charge in [-0.2, -0.15) is 26.3 Å². The maximum absolute atomic E-state index is 13.7. The van der Waals surface area contributed by atoms with Crippen LogP contribution in [-0.2, 0) is 17.1 Å². The predicted molar refractivity (Wildman–Crippen MR) is 156 cm³/mol. The first-order chi connectivity index (χ1) is 21.6. The molecule has 0 heterocycles. The molecule has 0 radical (unpaired) electrons. The molecule has 1 saturated carbocycles. The number of carboxylic acids is 1. The maximum atomic E-state index is 13.7. The summed E-state index contributed by atoms with van der Waals surface area (Å²) in [6.07, 6.45) is -4.71. The number of hydrogen-bond acceptors (Lipinski definition) is 4. The Morgan fingerprint density at radius 2 is 1.24 bits per heavy atom. The number of benzene rings is 3. The number of amides is 1. The zero-order valence-electron chi connectivity index (χ0n) is 24.3. The van der Waals surface area contributed by atoms with E-state index in [2.05, 4.69) is 5.32 Å². The highest BCUT2D eigenvalue weighted by Crippen LogP contribution is 2.37. The first-order valence-corrected chi connectivity index (χ1v) is 14.4. The molecule has 3 aromatic carbocycles. The van der Waals surface area contributed by atoms with Gasteiger partial charge in [0.05, 0.1) is 17.5 Å². The van der Waals surface area contributed by atoms with Crippen molar-refractivity contribution >= 4 is 29.0 Å². The number of alkyl halides is 6. The number of Topliss-reactive ketones (excluding diaryl/α,β-unsaturated/α-hetero) is 1. The van der Waals surface area contributed by atoms with Gasteiger partial charge in [0.1, 0.15) is 0 Å². The lowest BCUT2D eigenvalue weighted by Crippen LogP contribution is -2.26. The van der Waals surface area contributed by atoms with Gasteiger partial charge in [-0.3, -0.25) is 19.2 Å². The topological polar surface area (TPSA) is 101 Å². The second kappa shape index (κ2) is 14.1. The second-order valence-electron chi connectivity index (χ2n) is 11.0. The SMILES string of the molecule is O=C(O)CCNC(=O)c1ccc(C(=O)/C(=C\C(=O)c2cc(C(F)(F)F)cc(C(F)(F)F)c2)c2ccc(C3CCCCC3)cc2)cc1. The number of allylic oxidation sites excluding steroid dienone is 2. The Morgan fingerprint density at radius 1 is 0.717 bits per heavy atom. The Labute approximate surface area is 260 Å². The molecule has 2 N–H and O–H groups in total. The number of rotatable bonds is 10. The van der Waals surface area contributed by atoms with E-state index < -0.39 is 52.5 Å². The van der Waals surface area contributed by atoms with Crippen LogP contribution in [0, 0.1) is 0 Å². The summed E-state index contributed by atoms with van der Waals surface area (Å²) in [4.78, 5) is 50.0. The molecule has 0 atom stereocenters. The van der Waals surface area contributed by atoms with Crippen LogP contribution in [0.15, 0.2) is 72.8 Å². The molecule has 0 saturated heterocycles.